The second-order valence-electron chi connectivity index (χ2n) is 3.07. The lowest BCUT2D eigenvalue weighted by Gasteiger charge is -2.07. The standard InChI is InChI=1S/C10H16N4O/c1-2-12-9(15)5-7-14-10-8(11)4-3-6-13-10/h3-4,6H,2,5,7,11H2,1H3,(H,12,15)(H,13,14). The summed E-state index contributed by atoms with van der Waals surface area (Å²) in [5.74, 6) is 0.654. The molecule has 5 nitrogen and oxygen atoms in total. The van der Waals surface area contributed by atoms with E-state index in [1.165, 1.54) is 0 Å². The fourth-order valence-electron chi connectivity index (χ4n) is 1.15. The van der Waals surface area contributed by atoms with Crippen LogP contribution in [0.25, 0.3) is 0 Å². The number of rotatable bonds is 5. The first kappa shape index (κ1) is 11.3. The van der Waals surface area contributed by atoms with Crippen molar-refractivity contribution < 1.29 is 4.79 Å². The van der Waals surface area contributed by atoms with Gasteiger partial charge < -0.3 is 16.4 Å². The molecule has 0 saturated heterocycles. The van der Waals surface area contributed by atoms with E-state index in [-0.39, 0.29) is 5.91 Å². The number of carbonyl (C=O) groups is 1. The SMILES string of the molecule is CCNC(=O)CCNc1ncccc1N. The highest BCUT2D eigenvalue weighted by Gasteiger charge is 2.01. The van der Waals surface area contributed by atoms with Crippen molar-refractivity contribution in [2.75, 3.05) is 24.1 Å². The maximum Gasteiger partial charge on any atom is 0.221 e. The quantitative estimate of drug-likeness (QED) is 0.662. The van der Waals surface area contributed by atoms with E-state index in [1.807, 2.05) is 6.92 Å². The molecule has 0 bridgehead atoms. The molecule has 15 heavy (non-hydrogen) atoms. The molecule has 1 heterocycles. The number of nitrogens with one attached hydrogen (secondary N) is 2. The van der Waals surface area contributed by atoms with Crippen molar-refractivity contribution in [3.8, 4) is 0 Å². The van der Waals surface area contributed by atoms with Crippen molar-refractivity contribution in [1.82, 2.24) is 10.3 Å². The van der Waals surface area contributed by atoms with Gasteiger partial charge in [0.1, 0.15) is 5.82 Å². The summed E-state index contributed by atoms with van der Waals surface area (Å²) in [6.07, 6.45) is 2.08. The summed E-state index contributed by atoms with van der Waals surface area (Å²) in [4.78, 5) is 15.2. The molecule has 0 radical (unpaired) electrons. The molecule has 0 spiro atoms. The van der Waals surface area contributed by atoms with Gasteiger partial charge in [0.25, 0.3) is 0 Å². The number of carbonyl (C=O) groups excluding carboxylic acids is 1. The van der Waals surface area contributed by atoms with Gasteiger partial charge in [-0.3, -0.25) is 4.79 Å². The van der Waals surface area contributed by atoms with Gasteiger partial charge in [0.05, 0.1) is 5.69 Å². The van der Waals surface area contributed by atoms with E-state index in [1.54, 1.807) is 18.3 Å². The van der Waals surface area contributed by atoms with Gasteiger partial charge in [0.2, 0.25) is 5.91 Å². The third kappa shape index (κ3) is 3.84. The van der Waals surface area contributed by atoms with Crippen LogP contribution >= 0.6 is 0 Å². The van der Waals surface area contributed by atoms with Crippen LogP contribution in [0.4, 0.5) is 11.5 Å². The van der Waals surface area contributed by atoms with Crippen molar-refractivity contribution in [2.45, 2.75) is 13.3 Å². The molecular weight excluding hydrogens is 192 g/mol. The molecule has 0 fully saturated rings. The molecule has 0 saturated carbocycles. The summed E-state index contributed by atoms with van der Waals surface area (Å²) in [5, 5.41) is 5.72. The summed E-state index contributed by atoms with van der Waals surface area (Å²) in [7, 11) is 0. The molecule has 0 aliphatic rings. The van der Waals surface area contributed by atoms with Gasteiger partial charge in [0.15, 0.2) is 0 Å². The molecule has 4 N–H and O–H groups in total. The van der Waals surface area contributed by atoms with E-state index in [4.69, 9.17) is 5.73 Å². The van der Waals surface area contributed by atoms with Gasteiger partial charge >= 0.3 is 0 Å². The number of nitrogens with two attached hydrogens (primary N) is 1. The Hall–Kier alpha value is -1.78. The number of amides is 1. The Bertz CT molecular complexity index is 327. The lowest BCUT2D eigenvalue weighted by atomic mass is 10.3. The van der Waals surface area contributed by atoms with Gasteiger partial charge in [-0.05, 0) is 19.1 Å². The van der Waals surface area contributed by atoms with Crippen LogP contribution in [-0.4, -0.2) is 24.0 Å². The van der Waals surface area contributed by atoms with Crippen LogP contribution in [0.2, 0.25) is 0 Å². The fraction of sp³-hybridized carbons (Fsp3) is 0.400. The first-order valence-electron chi connectivity index (χ1n) is 4.95. The predicted octanol–water partition coefficient (Wildman–Crippen LogP) is 0.602. The highest BCUT2D eigenvalue weighted by Crippen LogP contribution is 2.12. The molecule has 82 valence electrons. The van der Waals surface area contributed by atoms with E-state index >= 15 is 0 Å². The second kappa shape index (κ2) is 5.85. The Morgan fingerprint density at radius 2 is 2.40 bits per heavy atom. The van der Waals surface area contributed by atoms with E-state index in [0.717, 1.165) is 0 Å². The zero-order chi connectivity index (χ0) is 11.1. The van der Waals surface area contributed by atoms with E-state index < -0.39 is 0 Å². The minimum atomic E-state index is 0.0273. The number of anilines is 2. The molecule has 0 aromatic carbocycles. The molecule has 0 unspecified atom stereocenters. The topological polar surface area (TPSA) is 80.0 Å². The minimum absolute atomic E-state index is 0.0273. The minimum Gasteiger partial charge on any atom is -0.396 e. The summed E-state index contributed by atoms with van der Waals surface area (Å²) in [6, 6.07) is 3.53. The number of aromatic nitrogens is 1. The van der Waals surface area contributed by atoms with Crippen molar-refractivity contribution in [3.05, 3.63) is 18.3 Å². The number of pyridine rings is 1. The Labute approximate surface area is 89.1 Å². The average molecular weight is 208 g/mol. The van der Waals surface area contributed by atoms with E-state index in [9.17, 15) is 4.79 Å². The fourth-order valence-corrected chi connectivity index (χ4v) is 1.15. The lowest BCUT2D eigenvalue weighted by Crippen LogP contribution is -2.24. The monoisotopic (exact) mass is 208 g/mol. The zero-order valence-electron chi connectivity index (χ0n) is 8.79. The summed E-state index contributed by atoms with van der Waals surface area (Å²) in [6.45, 7) is 3.08. The Morgan fingerprint density at radius 1 is 1.60 bits per heavy atom. The largest absolute Gasteiger partial charge is 0.396 e. The van der Waals surface area contributed by atoms with Crippen LogP contribution in [0.5, 0.6) is 0 Å². The Morgan fingerprint density at radius 3 is 3.07 bits per heavy atom. The van der Waals surface area contributed by atoms with Crippen molar-refractivity contribution in [2.24, 2.45) is 0 Å². The highest BCUT2D eigenvalue weighted by atomic mass is 16.1. The summed E-state index contributed by atoms with van der Waals surface area (Å²) in [5.41, 5.74) is 6.26. The molecular formula is C10H16N4O. The molecule has 1 amide bonds. The smallest absolute Gasteiger partial charge is 0.221 e. The molecule has 0 aliphatic carbocycles. The van der Waals surface area contributed by atoms with E-state index in [2.05, 4.69) is 15.6 Å². The molecule has 1 aromatic heterocycles. The van der Waals surface area contributed by atoms with Crippen LogP contribution in [0.15, 0.2) is 18.3 Å². The molecule has 5 heteroatoms. The zero-order valence-corrected chi connectivity index (χ0v) is 8.79. The number of nitrogens with zero attached hydrogens (tertiary/aromatic N) is 1. The van der Waals surface area contributed by atoms with Crippen LogP contribution < -0.4 is 16.4 Å². The third-order valence-corrected chi connectivity index (χ3v) is 1.86. The van der Waals surface area contributed by atoms with Crippen LogP contribution in [0, 0.1) is 0 Å². The van der Waals surface area contributed by atoms with Crippen molar-refractivity contribution in [3.63, 3.8) is 0 Å². The van der Waals surface area contributed by atoms with Gasteiger partial charge in [-0.25, -0.2) is 4.98 Å². The van der Waals surface area contributed by atoms with Crippen molar-refractivity contribution >= 4 is 17.4 Å². The average Bonchev–Trinajstić information content (AvgIpc) is 2.21. The van der Waals surface area contributed by atoms with Gasteiger partial charge in [-0.15, -0.1) is 0 Å². The van der Waals surface area contributed by atoms with E-state index in [0.29, 0.717) is 31.0 Å². The molecule has 1 rings (SSSR count). The predicted molar refractivity (Wildman–Crippen MR) is 60.4 cm³/mol. The number of nitrogen functional groups attached to an aromatic ring is 1. The Kier molecular flexibility index (Phi) is 4.40. The first-order chi connectivity index (χ1) is 7.24. The van der Waals surface area contributed by atoms with Crippen LogP contribution in [-0.2, 0) is 4.79 Å². The highest BCUT2D eigenvalue weighted by molar-refractivity contribution is 5.76. The van der Waals surface area contributed by atoms with Gasteiger partial charge in [0, 0.05) is 25.7 Å². The molecule has 0 aliphatic heterocycles. The van der Waals surface area contributed by atoms with Crippen molar-refractivity contribution in [1.29, 1.82) is 0 Å². The number of hydrogen-bond donors (Lipinski definition) is 3. The Balaban J connectivity index is 2.32. The maximum absolute atomic E-state index is 11.1. The lowest BCUT2D eigenvalue weighted by molar-refractivity contribution is -0.120. The third-order valence-electron chi connectivity index (χ3n) is 1.86. The second-order valence-corrected chi connectivity index (χ2v) is 3.07. The molecule has 1 aromatic rings. The first-order valence-corrected chi connectivity index (χ1v) is 4.95. The molecule has 0 atom stereocenters. The van der Waals surface area contributed by atoms with Gasteiger partial charge in [-0.1, -0.05) is 0 Å². The normalized spacial score (nSPS) is 9.67. The van der Waals surface area contributed by atoms with Crippen LogP contribution in [0.3, 0.4) is 0 Å². The summed E-state index contributed by atoms with van der Waals surface area (Å²) >= 11 is 0. The van der Waals surface area contributed by atoms with Gasteiger partial charge in [-0.2, -0.15) is 0 Å². The van der Waals surface area contributed by atoms with Crippen LogP contribution in [0.1, 0.15) is 13.3 Å². The maximum atomic E-state index is 11.1. The number of hydrogen-bond acceptors (Lipinski definition) is 4. The summed E-state index contributed by atoms with van der Waals surface area (Å²) < 4.78 is 0.